The number of aromatic amines is 1. The van der Waals surface area contributed by atoms with Crippen molar-refractivity contribution in [2.24, 2.45) is 11.8 Å². The maximum Gasteiger partial charge on any atom is 0.248 e. The average Bonchev–Trinajstić information content (AvgIpc) is 3.15. The quantitative estimate of drug-likeness (QED) is 0.888. The van der Waals surface area contributed by atoms with Crippen molar-refractivity contribution in [2.45, 2.75) is 50.9 Å². The van der Waals surface area contributed by atoms with E-state index in [1.54, 1.807) is 0 Å². The number of nitrogens with one attached hydrogen (secondary N) is 2. The van der Waals surface area contributed by atoms with E-state index in [2.05, 4.69) is 21.4 Å². The summed E-state index contributed by atoms with van der Waals surface area (Å²) in [5, 5.41) is 2.87. The molecule has 2 aliphatic rings. The summed E-state index contributed by atoms with van der Waals surface area (Å²) in [4.78, 5) is 19.7. The summed E-state index contributed by atoms with van der Waals surface area (Å²) >= 11 is 0. The molecule has 0 radical (unpaired) electrons. The Morgan fingerprint density at radius 1 is 1.16 bits per heavy atom. The molecule has 1 amide bonds. The van der Waals surface area contributed by atoms with E-state index < -0.39 is 5.92 Å². The Morgan fingerprint density at radius 2 is 1.96 bits per heavy atom. The molecule has 1 saturated carbocycles. The second-order valence-corrected chi connectivity index (χ2v) is 7.52. The molecule has 2 heterocycles. The number of halogens is 2. The van der Waals surface area contributed by atoms with Gasteiger partial charge in [0.2, 0.25) is 11.8 Å². The van der Waals surface area contributed by atoms with Crippen LogP contribution in [-0.2, 0) is 17.6 Å². The van der Waals surface area contributed by atoms with E-state index >= 15 is 0 Å². The molecule has 134 valence electrons. The zero-order valence-electron chi connectivity index (χ0n) is 14.2. The maximum absolute atomic E-state index is 13.3. The summed E-state index contributed by atoms with van der Waals surface area (Å²) in [6.07, 6.45) is 3.46. The smallest absolute Gasteiger partial charge is 0.248 e. The van der Waals surface area contributed by atoms with Crippen molar-refractivity contribution in [3.63, 3.8) is 0 Å². The number of alkyl halides is 2. The van der Waals surface area contributed by atoms with Crippen LogP contribution in [0.4, 0.5) is 8.78 Å². The summed E-state index contributed by atoms with van der Waals surface area (Å²) in [7, 11) is 0. The molecule has 25 heavy (non-hydrogen) atoms. The molecule has 1 aromatic heterocycles. The first kappa shape index (κ1) is 16.5. The van der Waals surface area contributed by atoms with Crippen LogP contribution in [0.15, 0.2) is 18.2 Å². The molecule has 2 fully saturated rings. The number of fused-ring (bicyclic) bond motifs is 1. The fourth-order valence-electron chi connectivity index (χ4n) is 4.04. The first-order valence-electron chi connectivity index (χ1n) is 9.12. The van der Waals surface area contributed by atoms with E-state index in [0.29, 0.717) is 12.8 Å². The van der Waals surface area contributed by atoms with Gasteiger partial charge in [-0.15, -0.1) is 0 Å². The molecule has 2 aromatic rings. The second kappa shape index (κ2) is 6.39. The number of carbonyl (C=O) groups excluding carboxylic acids is 1. The van der Waals surface area contributed by atoms with Crippen LogP contribution in [0, 0.1) is 11.8 Å². The molecule has 1 saturated heterocycles. The van der Waals surface area contributed by atoms with Gasteiger partial charge in [0, 0.05) is 31.7 Å². The lowest BCUT2D eigenvalue weighted by molar-refractivity contribution is -0.122. The van der Waals surface area contributed by atoms with Crippen LogP contribution in [0.2, 0.25) is 0 Å². The SMILES string of the molecule is O=C1NCCC1Cc1ccc2nc(CC3CCC(F)(F)CC3)[nH]c2c1. The Bertz CT molecular complexity index is 776. The number of H-pyrrole nitrogens is 1. The number of carbonyl (C=O) groups is 1. The monoisotopic (exact) mass is 347 g/mol. The largest absolute Gasteiger partial charge is 0.356 e. The van der Waals surface area contributed by atoms with Crippen LogP contribution in [0.1, 0.15) is 43.5 Å². The molecule has 1 atom stereocenters. The van der Waals surface area contributed by atoms with Gasteiger partial charge in [-0.05, 0) is 49.3 Å². The van der Waals surface area contributed by atoms with Crippen molar-refractivity contribution in [1.82, 2.24) is 15.3 Å². The van der Waals surface area contributed by atoms with Gasteiger partial charge >= 0.3 is 0 Å². The predicted octanol–water partition coefficient (Wildman–Crippen LogP) is 3.61. The molecule has 0 spiro atoms. The van der Waals surface area contributed by atoms with Crippen molar-refractivity contribution in [1.29, 1.82) is 0 Å². The van der Waals surface area contributed by atoms with E-state index in [9.17, 15) is 13.6 Å². The molecule has 1 aliphatic carbocycles. The highest BCUT2D eigenvalue weighted by molar-refractivity contribution is 5.81. The molecule has 4 rings (SSSR count). The third-order valence-electron chi connectivity index (χ3n) is 5.56. The Balaban J connectivity index is 1.44. The van der Waals surface area contributed by atoms with Crippen LogP contribution in [0.5, 0.6) is 0 Å². The van der Waals surface area contributed by atoms with Gasteiger partial charge in [0.05, 0.1) is 11.0 Å². The minimum absolute atomic E-state index is 0.00844. The van der Waals surface area contributed by atoms with Crippen LogP contribution in [-0.4, -0.2) is 28.3 Å². The number of hydrogen-bond acceptors (Lipinski definition) is 2. The lowest BCUT2D eigenvalue weighted by Gasteiger charge is -2.27. The molecule has 4 nitrogen and oxygen atoms in total. The molecule has 1 unspecified atom stereocenters. The van der Waals surface area contributed by atoms with Crippen LogP contribution >= 0.6 is 0 Å². The molecule has 1 aliphatic heterocycles. The van der Waals surface area contributed by atoms with Crippen molar-refractivity contribution in [3.05, 3.63) is 29.6 Å². The van der Waals surface area contributed by atoms with Gasteiger partial charge in [-0.1, -0.05) is 6.07 Å². The Hall–Kier alpha value is -1.98. The van der Waals surface area contributed by atoms with E-state index in [1.165, 1.54) is 0 Å². The third kappa shape index (κ3) is 3.67. The number of hydrogen-bond donors (Lipinski definition) is 2. The first-order chi connectivity index (χ1) is 12.0. The van der Waals surface area contributed by atoms with E-state index in [1.807, 2.05) is 12.1 Å². The highest BCUT2D eigenvalue weighted by Crippen LogP contribution is 2.37. The molecular formula is C19H23F2N3O. The Morgan fingerprint density at radius 3 is 2.68 bits per heavy atom. The zero-order chi connectivity index (χ0) is 17.4. The first-order valence-corrected chi connectivity index (χ1v) is 9.12. The van der Waals surface area contributed by atoms with Crippen molar-refractivity contribution in [3.8, 4) is 0 Å². The molecule has 2 N–H and O–H groups in total. The molecule has 0 bridgehead atoms. The molecule has 1 aromatic carbocycles. The maximum atomic E-state index is 13.3. The van der Waals surface area contributed by atoms with Crippen LogP contribution in [0.3, 0.4) is 0 Å². The fourth-order valence-corrected chi connectivity index (χ4v) is 4.04. The summed E-state index contributed by atoms with van der Waals surface area (Å²) in [5.41, 5.74) is 2.99. The van der Waals surface area contributed by atoms with E-state index in [0.717, 1.165) is 48.2 Å². The van der Waals surface area contributed by atoms with Gasteiger partial charge in [-0.3, -0.25) is 4.79 Å². The highest BCUT2D eigenvalue weighted by Gasteiger charge is 2.35. The van der Waals surface area contributed by atoms with Gasteiger partial charge in [0.1, 0.15) is 5.82 Å². The van der Waals surface area contributed by atoms with E-state index in [-0.39, 0.29) is 30.6 Å². The number of aromatic nitrogens is 2. The Kier molecular flexibility index (Phi) is 4.21. The van der Waals surface area contributed by atoms with Crippen molar-refractivity contribution < 1.29 is 13.6 Å². The zero-order valence-corrected chi connectivity index (χ0v) is 14.2. The summed E-state index contributed by atoms with van der Waals surface area (Å²) in [6.45, 7) is 0.764. The van der Waals surface area contributed by atoms with Gasteiger partial charge in [0.15, 0.2) is 0 Å². The third-order valence-corrected chi connectivity index (χ3v) is 5.56. The average molecular weight is 347 g/mol. The summed E-state index contributed by atoms with van der Waals surface area (Å²) < 4.78 is 26.5. The minimum Gasteiger partial charge on any atom is -0.356 e. The van der Waals surface area contributed by atoms with Gasteiger partial charge in [-0.25, -0.2) is 13.8 Å². The number of imidazole rings is 1. The van der Waals surface area contributed by atoms with Gasteiger partial charge in [0.25, 0.3) is 0 Å². The van der Waals surface area contributed by atoms with E-state index in [4.69, 9.17) is 0 Å². The highest BCUT2D eigenvalue weighted by atomic mass is 19.3. The second-order valence-electron chi connectivity index (χ2n) is 7.52. The standard InChI is InChI=1S/C19H23F2N3O/c20-19(21)6-3-12(4-7-19)11-17-23-15-2-1-13(10-16(15)24-17)9-14-5-8-22-18(14)25/h1-2,10,12,14H,3-9,11H2,(H,22,25)(H,23,24). The fraction of sp³-hybridized carbons (Fsp3) is 0.579. The summed E-state index contributed by atoms with van der Waals surface area (Å²) in [6, 6.07) is 6.07. The van der Waals surface area contributed by atoms with Crippen molar-refractivity contribution >= 4 is 16.9 Å². The van der Waals surface area contributed by atoms with Gasteiger partial charge in [-0.2, -0.15) is 0 Å². The lowest BCUT2D eigenvalue weighted by Crippen LogP contribution is -2.25. The number of nitrogens with zero attached hydrogens (tertiary/aromatic N) is 1. The van der Waals surface area contributed by atoms with Crippen LogP contribution in [0.25, 0.3) is 11.0 Å². The van der Waals surface area contributed by atoms with Crippen LogP contribution < -0.4 is 5.32 Å². The predicted molar refractivity (Wildman–Crippen MR) is 91.5 cm³/mol. The van der Waals surface area contributed by atoms with Crippen molar-refractivity contribution in [2.75, 3.05) is 6.54 Å². The molecular weight excluding hydrogens is 324 g/mol. The topological polar surface area (TPSA) is 57.8 Å². The number of amides is 1. The normalized spacial score (nSPS) is 23.9. The molecule has 6 heteroatoms. The summed E-state index contributed by atoms with van der Waals surface area (Å²) in [5.74, 6) is -1.13. The number of benzene rings is 1. The Labute approximate surface area is 145 Å². The lowest BCUT2D eigenvalue weighted by atomic mass is 9.85. The minimum atomic E-state index is -2.48. The number of rotatable bonds is 4. The van der Waals surface area contributed by atoms with Gasteiger partial charge < -0.3 is 10.3 Å².